The number of hydrogen-bond donors (Lipinski definition) is 2. The molecule has 0 saturated carbocycles. The number of amides is 1. The number of halogens is 2. The van der Waals surface area contributed by atoms with E-state index in [9.17, 15) is 22.9 Å². The standard InChI is InChI=1S/C26H21Cl2N3O6S.Na/c1-3-37-19-11-16(27)10-17(12-19)29-26(33)21-9-15-6-4-5-7-20(15)24(25(21)32)31-30-18-8-14(2)23(28)22(13-18)38(34,35)36;/h4-13,32H,3H2,1-2H3,(H,29,33)(H,34,35,36);/q;+1/p-1. The van der Waals surface area contributed by atoms with E-state index in [0.29, 0.717) is 39.4 Å². The predicted molar refractivity (Wildman–Crippen MR) is 144 cm³/mol. The van der Waals surface area contributed by atoms with Crippen LogP contribution in [0.4, 0.5) is 17.1 Å². The quantitative estimate of drug-likeness (QED) is 0.189. The van der Waals surface area contributed by atoms with Crippen LogP contribution in [0.25, 0.3) is 10.8 Å². The number of carbonyl (C=O) groups excluding carboxylic acids is 1. The van der Waals surface area contributed by atoms with E-state index in [1.165, 1.54) is 25.1 Å². The molecule has 1 amide bonds. The largest absolute Gasteiger partial charge is 1.00 e. The summed E-state index contributed by atoms with van der Waals surface area (Å²) in [4.78, 5) is 12.6. The molecule has 0 aliphatic rings. The van der Waals surface area contributed by atoms with Gasteiger partial charge in [-0.1, -0.05) is 53.2 Å². The maximum atomic E-state index is 13.4. The van der Waals surface area contributed by atoms with Gasteiger partial charge in [0.15, 0.2) is 0 Å². The Hall–Kier alpha value is -2.70. The molecule has 0 unspecified atom stereocenters. The molecule has 0 saturated heterocycles. The third kappa shape index (κ3) is 7.09. The van der Waals surface area contributed by atoms with Gasteiger partial charge >= 0.3 is 29.6 Å². The third-order valence-electron chi connectivity index (χ3n) is 5.41. The van der Waals surface area contributed by atoms with Crippen LogP contribution in [0.3, 0.4) is 0 Å². The van der Waals surface area contributed by atoms with E-state index in [4.69, 9.17) is 27.9 Å². The first-order valence-corrected chi connectivity index (χ1v) is 13.3. The maximum Gasteiger partial charge on any atom is 1.00 e. The van der Waals surface area contributed by atoms with E-state index in [1.807, 2.05) is 6.92 Å². The number of ether oxygens (including phenoxy) is 1. The summed E-state index contributed by atoms with van der Waals surface area (Å²) in [7, 11) is -4.63. The van der Waals surface area contributed by atoms with Crippen molar-refractivity contribution in [2.75, 3.05) is 11.9 Å². The fourth-order valence-electron chi connectivity index (χ4n) is 3.73. The Morgan fingerprint density at radius 1 is 1.08 bits per heavy atom. The second-order valence-corrected chi connectivity index (χ2v) is 10.3. The van der Waals surface area contributed by atoms with Crippen LogP contribution in [0.15, 0.2) is 75.8 Å². The summed E-state index contributed by atoms with van der Waals surface area (Å²) in [6.45, 7) is 3.74. The number of hydrogen-bond acceptors (Lipinski definition) is 7. The average molecular weight is 596 g/mol. The smallest absolute Gasteiger partial charge is 0.870 e. The van der Waals surface area contributed by atoms with Gasteiger partial charge < -0.3 is 15.2 Å². The van der Waals surface area contributed by atoms with Crippen LogP contribution in [0.1, 0.15) is 22.8 Å². The maximum absolute atomic E-state index is 13.4. The van der Waals surface area contributed by atoms with Crippen LogP contribution in [-0.2, 0) is 10.1 Å². The van der Waals surface area contributed by atoms with Gasteiger partial charge in [-0.05, 0) is 55.1 Å². The molecule has 2 N–H and O–H groups in total. The van der Waals surface area contributed by atoms with Gasteiger partial charge in [0.25, 0.3) is 16.0 Å². The first-order chi connectivity index (χ1) is 18.0. The fraction of sp³-hybridized carbons (Fsp3) is 0.115. The second kappa shape index (κ2) is 12.6. The molecule has 39 heavy (non-hydrogen) atoms. The number of anilines is 1. The minimum Gasteiger partial charge on any atom is -0.870 e. The Balaban J connectivity index is 0.00000420. The Kier molecular flexibility index (Phi) is 10.0. The number of rotatable bonds is 7. The molecule has 0 atom stereocenters. The topological polar surface area (TPSA) is 140 Å². The normalized spacial score (nSPS) is 11.4. The van der Waals surface area contributed by atoms with E-state index < -0.39 is 26.7 Å². The molecular formula is C26H20Cl2N3NaO6S. The van der Waals surface area contributed by atoms with Crippen molar-refractivity contribution in [3.05, 3.63) is 81.8 Å². The molecule has 4 aromatic rings. The number of nitrogens with one attached hydrogen (secondary N) is 1. The summed E-state index contributed by atoms with van der Waals surface area (Å²) in [5.41, 5.74) is 0.359. The molecule has 9 nitrogen and oxygen atoms in total. The molecule has 4 rings (SSSR count). The minimum atomic E-state index is -4.63. The number of fused-ring (bicyclic) bond motifs is 1. The fourth-order valence-corrected chi connectivity index (χ4v) is 5.02. The van der Waals surface area contributed by atoms with Crippen molar-refractivity contribution in [1.82, 2.24) is 0 Å². The molecule has 0 heterocycles. The molecule has 4 aromatic carbocycles. The zero-order valence-electron chi connectivity index (χ0n) is 21.0. The van der Waals surface area contributed by atoms with E-state index >= 15 is 0 Å². The van der Waals surface area contributed by atoms with Gasteiger partial charge in [-0.15, -0.1) is 0 Å². The van der Waals surface area contributed by atoms with Crippen molar-refractivity contribution in [2.24, 2.45) is 10.2 Å². The Labute approximate surface area is 256 Å². The second-order valence-electron chi connectivity index (χ2n) is 8.14. The summed E-state index contributed by atoms with van der Waals surface area (Å²) in [5, 5.41) is 25.3. The summed E-state index contributed by atoms with van der Waals surface area (Å²) < 4.78 is 38.3. The van der Waals surface area contributed by atoms with Gasteiger partial charge in [0, 0.05) is 27.7 Å². The Bertz CT molecular complexity index is 1710. The van der Waals surface area contributed by atoms with Crippen LogP contribution < -0.4 is 44.7 Å². The van der Waals surface area contributed by atoms with Gasteiger partial charge in [0.05, 0.1) is 23.0 Å². The Morgan fingerprint density at radius 3 is 2.49 bits per heavy atom. The van der Waals surface area contributed by atoms with Crippen molar-refractivity contribution >= 4 is 67.1 Å². The molecule has 0 aromatic heterocycles. The summed E-state index contributed by atoms with van der Waals surface area (Å²) >= 11 is 12.1. The molecule has 13 heteroatoms. The summed E-state index contributed by atoms with van der Waals surface area (Å²) in [6, 6.07) is 15.4. The minimum absolute atomic E-state index is 0. The van der Waals surface area contributed by atoms with Crippen molar-refractivity contribution in [3.8, 4) is 11.5 Å². The van der Waals surface area contributed by atoms with E-state index in [0.717, 1.165) is 6.07 Å². The molecule has 0 aliphatic heterocycles. The van der Waals surface area contributed by atoms with Gasteiger partial charge in [-0.2, -0.15) is 18.6 Å². The van der Waals surface area contributed by atoms with E-state index in [2.05, 4.69) is 15.5 Å². The first-order valence-electron chi connectivity index (χ1n) is 11.1. The molecule has 0 radical (unpaired) electrons. The van der Waals surface area contributed by atoms with Crippen LogP contribution >= 0.6 is 23.2 Å². The molecule has 0 spiro atoms. The molecule has 196 valence electrons. The summed E-state index contributed by atoms with van der Waals surface area (Å²) in [5.74, 6) is -0.941. The van der Waals surface area contributed by atoms with Crippen molar-refractivity contribution in [3.63, 3.8) is 0 Å². The number of aryl methyl sites for hydroxylation is 1. The van der Waals surface area contributed by atoms with Gasteiger partial charge in [0.1, 0.15) is 10.6 Å². The average Bonchev–Trinajstić information content (AvgIpc) is 2.84. The van der Waals surface area contributed by atoms with E-state index in [1.54, 1.807) is 36.4 Å². The number of carbonyl (C=O) groups is 1. The van der Waals surface area contributed by atoms with Crippen LogP contribution in [0, 0.1) is 6.92 Å². The summed E-state index contributed by atoms with van der Waals surface area (Å²) in [6.07, 6.45) is 0. The van der Waals surface area contributed by atoms with Gasteiger partial charge in [-0.3, -0.25) is 9.35 Å². The number of azo groups is 1. The zero-order chi connectivity index (χ0) is 27.6. The van der Waals surface area contributed by atoms with E-state index in [-0.39, 0.29) is 51.5 Å². The van der Waals surface area contributed by atoms with Gasteiger partial charge in [-0.25, -0.2) is 0 Å². The van der Waals surface area contributed by atoms with Crippen LogP contribution in [0.2, 0.25) is 10.0 Å². The molecule has 0 bridgehead atoms. The van der Waals surface area contributed by atoms with Crippen molar-refractivity contribution in [1.29, 1.82) is 0 Å². The number of nitrogens with zero attached hydrogens (tertiary/aromatic N) is 2. The molecular weight excluding hydrogens is 576 g/mol. The van der Waals surface area contributed by atoms with Crippen molar-refractivity contribution < 1.29 is 57.2 Å². The number of benzene rings is 4. The van der Waals surface area contributed by atoms with Gasteiger partial charge in [0.2, 0.25) is 0 Å². The SMILES string of the molecule is CCOc1cc(Cl)cc(NC(=O)c2cc3ccccc3c(N=Nc3cc(C)c(Cl)c(S(=O)(=O)O)c3)c2[O-])c1.[Na+]. The van der Waals surface area contributed by atoms with Crippen LogP contribution in [0.5, 0.6) is 11.5 Å². The zero-order valence-corrected chi connectivity index (χ0v) is 25.4. The Morgan fingerprint density at radius 2 is 1.79 bits per heavy atom. The van der Waals surface area contributed by atoms with Crippen molar-refractivity contribution in [2.45, 2.75) is 18.7 Å². The molecule has 0 fully saturated rings. The monoisotopic (exact) mass is 595 g/mol. The molecule has 0 aliphatic carbocycles. The predicted octanol–water partition coefficient (Wildman–Crippen LogP) is 3.85. The third-order valence-corrected chi connectivity index (χ3v) is 7.12. The van der Waals surface area contributed by atoms with Crippen LogP contribution in [-0.4, -0.2) is 25.5 Å². The first kappa shape index (κ1) is 30.8.